The summed E-state index contributed by atoms with van der Waals surface area (Å²) in [6.45, 7) is 5.72. The Bertz CT molecular complexity index is 549. The molecule has 3 N–H and O–H groups in total. The topological polar surface area (TPSA) is 78.4 Å². The van der Waals surface area contributed by atoms with Crippen molar-refractivity contribution < 1.29 is 14.7 Å². The Hall–Kier alpha value is -1.59. The second-order valence-corrected chi connectivity index (χ2v) is 6.25. The summed E-state index contributed by atoms with van der Waals surface area (Å²) in [5, 5.41) is 15.6. The van der Waals surface area contributed by atoms with Crippen LogP contribution in [0, 0.1) is 6.92 Å². The standard InChI is InChI=1S/C17H25ClN2O3/c1-4-5-6-14(17(22)23)19-12(3)9-16(21)20-15-10-13(18)8-7-11(15)2/h7-8,10,12,14,19H,4-6,9H2,1-3H3,(H,20,21)(H,22,23)/t12?,14-/m0/s1. The van der Waals surface area contributed by atoms with Gasteiger partial charge in [-0.15, -0.1) is 0 Å². The number of hydrogen-bond acceptors (Lipinski definition) is 3. The van der Waals surface area contributed by atoms with Crippen LogP contribution in [0.15, 0.2) is 18.2 Å². The van der Waals surface area contributed by atoms with Gasteiger partial charge in [0.05, 0.1) is 0 Å². The molecule has 0 saturated heterocycles. The summed E-state index contributed by atoms with van der Waals surface area (Å²) >= 11 is 5.93. The summed E-state index contributed by atoms with van der Waals surface area (Å²) in [4.78, 5) is 23.3. The third-order valence-corrected chi connectivity index (χ3v) is 3.83. The van der Waals surface area contributed by atoms with Crippen molar-refractivity contribution in [3.8, 4) is 0 Å². The summed E-state index contributed by atoms with van der Waals surface area (Å²) < 4.78 is 0. The molecule has 1 rings (SSSR count). The number of benzene rings is 1. The maximum atomic E-state index is 12.1. The van der Waals surface area contributed by atoms with Crippen molar-refractivity contribution in [2.24, 2.45) is 0 Å². The number of aryl methyl sites for hydroxylation is 1. The molecule has 6 heteroatoms. The van der Waals surface area contributed by atoms with Gasteiger partial charge in [0.2, 0.25) is 5.91 Å². The van der Waals surface area contributed by atoms with E-state index in [1.165, 1.54) is 0 Å². The van der Waals surface area contributed by atoms with Crippen molar-refractivity contribution in [1.82, 2.24) is 5.32 Å². The normalized spacial score (nSPS) is 13.4. The quantitative estimate of drug-likeness (QED) is 0.641. The monoisotopic (exact) mass is 340 g/mol. The Morgan fingerprint density at radius 1 is 1.35 bits per heavy atom. The third-order valence-electron chi connectivity index (χ3n) is 3.60. The fraction of sp³-hybridized carbons (Fsp3) is 0.529. The number of nitrogens with one attached hydrogen (secondary N) is 2. The van der Waals surface area contributed by atoms with Gasteiger partial charge in [-0.1, -0.05) is 37.4 Å². The highest BCUT2D eigenvalue weighted by Crippen LogP contribution is 2.20. The SMILES string of the molecule is CCCC[C@H](NC(C)CC(=O)Nc1cc(Cl)ccc1C)C(=O)O. The van der Waals surface area contributed by atoms with Gasteiger partial charge < -0.3 is 15.7 Å². The zero-order valence-electron chi connectivity index (χ0n) is 13.9. The van der Waals surface area contributed by atoms with E-state index in [9.17, 15) is 14.7 Å². The van der Waals surface area contributed by atoms with E-state index in [0.717, 1.165) is 18.4 Å². The predicted molar refractivity (Wildman–Crippen MR) is 93.0 cm³/mol. The van der Waals surface area contributed by atoms with Crippen LogP contribution in [0.4, 0.5) is 5.69 Å². The van der Waals surface area contributed by atoms with Gasteiger partial charge in [0, 0.05) is 23.2 Å². The summed E-state index contributed by atoms with van der Waals surface area (Å²) in [7, 11) is 0. The highest BCUT2D eigenvalue weighted by molar-refractivity contribution is 6.31. The minimum Gasteiger partial charge on any atom is -0.480 e. The Labute approximate surface area is 142 Å². The van der Waals surface area contributed by atoms with Crippen LogP contribution >= 0.6 is 11.6 Å². The summed E-state index contributed by atoms with van der Waals surface area (Å²) in [5.41, 5.74) is 1.60. The number of aliphatic carboxylic acids is 1. The summed E-state index contributed by atoms with van der Waals surface area (Å²) in [6, 6.07) is 4.46. The molecule has 0 radical (unpaired) electrons. The predicted octanol–water partition coefficient (Wildman–Crippen LogP) is 3.60. The number of rotatable bonds is 9. The number of carbonyl (C=O) groups is 2. The number of halogens is 1. The lowest BCUT2D eigenvalue weighted by Crippen LogP contribution is -2.43. The van der Waals surface area contributed by atoms with Gasteiger partial charge in [-0.3, -0.25) is 9.59 Å². The van der Waals surface area contributed by atoms with Crippen molar-refractivity contribution in [2.45, 2.75) is 58.5 Å². The molecule has 0 heterocycles. The second kappa shape index (κ2) is 9.53. The van der Waals surface area contributed by atoms with Crippen LogP contribution in [0.5, 0.6) is 0 Å². The zero-order valence-corrected chi connectivity index (χ0v) is 14.6. The Kier molecular flexibility index (Phi) is 8.06. The first-order chi connectivity index (χ1) is 10.8. The molecule has 0 saturated carbocycles. The van der Waals surface area contributed by atoms with E-state index in [0.29, 0.717) is 17.1 Å². The van der Waals surface area contributed by atoms with Gasteiger partial charge in [-0.25, -0.2) is 0 Å². The van der Waals surface area contributed by atoms with E-state index in [-0.39, 0.29) is 18.4 Å². The zero-order chi connectivity index (χ0) is 17.4. The van der Waals surface area contributed by atoms with Crippen LogP contribution in [0.2, 0.25) is 5.02 Å². The Morgan fingerprint density at radius 3 is 2.65 bits per heavy atom. The van der Waals surface area contributed by atoms with Crippen molar-refractivity contribution >= 4 is 29.2 Å². The van der Waals surface area contributed by atoms with Crippen LogP contribution in [-0.2, 0) is 9.59 Å². The molecule has 0 bridgehead atoms. The first kappa shape index (κ1) is 19.5. The molecule has 1 amide bonds. The number of carboxylic acid groups (broad SMARTS) is 1. The number of amides is 1. The van der Waals surface area contributed by atoms with E-state index in [1.54, 1.807) is 12.1 Å². The van der Waals surface area contributed by atoms with Crippen LogP contribution in [0.1, 0.15) is 45.1 Å². The molecule has 0 aliphatic heterocycles. The van der Waals surface area contributed by atoms with E-state index < -0.39 is 12.0 Å². The molecule has 23 heavy (non-hydrogen) atoms. The molecule has 2 atom stereocenters. The Morgan fingerprint density at radius 2 is 2.04 bits per heavy atom. The molecule has 1 unspecified atom stereocenters. The first-order valence-corrected chi connectivity index (χ1v) is 8.26. The molecule has 1 aromatic carbocycles. The van der Waals surface area contributed by atoms with Crippen LogP contribution in [0.25, 0.3) is 0 Å². The van der Waals surface area contributed by atoms with Gasteiger partial charge >= 0.3 is 5.97 Å². The number of anilines is 1. The average molecular weight is 341 g/mol. The van der Waals surface area contributed by atoms with Crippen molar-refractivity contribution in [3.05, 3.63) is 28.8 Å². The van der Waals surface area contributed by atoms with Crippen LogP contribution in [0.3, 0.4) is 0 Å². The number of hydrogen-bond donors (Lipinski definition) is 3. The maximum Gasteiger partial charge on any atom is 0.320 e. The highest BCUT2D eigenvalue weighted by Gasteiger charge is 2.20. The summed E-state index contributed by atoms with van der Waals surface area (Å²) in [6.07, 6.45) is 2.53. The lowest BCUT2D eigenvalue weighted by Gasteiger charge is -2.20. The lowest BCUT2D eigenvalue weighted by atomic mass is 10.1. The fourth-order valence-electron chi connectivity index (χ4n) is 2.30. The minimum atomic E-state index is -0.878. The second-order valence-electron chi connectivity index (χ2n) is 5.81. The fourth-order valence-corrected chi connectivity index (χ4v) is 2.47. The third kappa shape index (κ3) is 7.01. The smallest absolute Gasteiger partial charge is 0.320 e. The highest BCUT2D eigenvalue weighted by atomic mass is 35.5. The van der Waals surface area contributed by atoms with Gasteiger partial charge in [0.1, 0.15) is 6.04 Å². The summed E-state index contributed by atoms with van der Waals surface area (Å²) in [5.74, 6) is -1.05. The van der Waals surface area contributed by atoms with E-state index >= 15 is 0 Å². The molecule has 0 aliphatic carbocycles. The van der Waals surface area contributed by atoms with Crippen molar-refractivity contribution in [2.75, 3.05) is 5.32 Å². The number of unbranched alkanes of at least 4 members (excludes halogenated alkanes) is 1. The van der Waals surface area contributed by atoms with Gasteiger partial charge in [0.15, 0.2) is 0 Å². The van der Waals surface area contributed by atoms with Gasteiger partial charge in [-0.05, 0) is 38.0 Å². The largest absolute Gasteiger partial charge is 0.480 e. The lowest BCUT2D eigenvalue weighted by molar-refractivity contribution is -0.140. The van der Waals surface area contributed by atoms with Gasteiger partial charge in [0.25, 0.3) is 0 Å². The van der Waals surface area contributed by atoms with E-state index in [1.807, 2.05) is 26.8 Å². The molecule has 0 aliphatic rings. The molecule has 0 aromatic heterocycles. The Balaban J connectivity index is 2.55. The van der Waals surface area contributed by atoms with Crippen molar-refractivity contribution in [1.29, 1.82) is 0 Å². The van der Waals surface area contributed by atoms with Crippen molar-refractivity contribution in [3.63, 3.8) is 0 Å². The minimum absolute atomic E-state index is 0.171. The first-order valence-electron chi connectivity index (χ1n) is 7.88. The van der Waals surface area contributed by atoms with Crippen LogP contribution in [-0.4, -0.2) is 29.1 Å². The molecular formula is C17H25ClN2O3. The maximum absolute atomic E-state index is 12.1. The molecule has 128 valence electrons. The number of carbonyl (C=O) groups excluding carboxylic acids is 1. The van der Waals surface area contributed by atoms with E-state index in [2.05, 4.69) is 10.6 Å². The average Bonchev–Trinajstić information content (AvgIpc) is 2.46. The molecular weight excluding hydrogens is 316 g/mol. The van der Waals surface area contributed by atoms with E-state index in [4.69, 9.17) is 11.6 Å². The van der Waals surface area contributed by atoms with Gasteiger partial charge in [-0.2, -0.15) is 0 Å². The molecule has 0 fully saturated rings. The van der Waals surface area contributed by atoms with Crippen LogP contribution < -0.4 is 10.6 Å². The molecule has 1 aromatic rings. The molecule has 5 nitrogen and oxygen atoms in total. The number of carboxylic acids is 1. The molecule has 0 spiro atoms.